The summed E-state index contributed by atoms with van der Waals surface area (Å²) in [5.74, 6) is -6.24. The number of rotatable bonds is 35. The Hall–Kier alpha value is -8.32. The number of nitrogens with two attached hydrogens (primary N) is 2. The molecule has 0 aliphatic carbocycles. The van der Waals surface area contributed by atoms with E-state index in [0.29, 0.717) is 24.1 Å². The van der Waals surface area contributed by atoms with E-state index in [1.165, 1.54) is 24.3 Å². The van der Waals surface area contributed by atoms with Crippen molar-refractivity contribution in [3.8, 4) is 11.5 Å². The van der Waals surface area contributed by atoms with Crippen LogP contribution in [0.15, 0.2) is 78.9 Å². The maximum atomic E-state index is 14.6. The summed E-state index contributed by atoms with van der Waals surface area (Å²) in [7, 11) is 0. The molecule has 0 unspecified atom stereocenters. The van der Waals surface area contributed by atoms with Gasteiger partial charge in [-0.05, 0) is 98.2 Å². The molecule has 3 rings (SSSR count). The first-order valence-corrected chi connectivity index (χ1v) is 27.9. The van der Waals surface area contributed by atoms with E-state index in [0.717, 1.165) is 5.56 Å². The SMILES string of the molecule is CC(C)C[C@H](NC(=O)[C@H](Cc1ccc(O)cc1)NC(=O)[C@H](CCc1ccccc1)NC(=O)CNC(=O)[C@H](CCCNC(N)=O)NC(=O)[C@H](CO)NC(=O)[C@H](CCCNC(=N)N)NC(C)C)C(=O)N[C@@H](Cc1ccc(O)cc1)C(=O)C(C)(C)C. The summed E-state index contributed by atoms with van der Waals surface area (Å²) >= 11 is 0. The zero-order valence-electron chi connectivity index (χ0n) is 48.6. The van der Waals surface area contributed by atoms with Crippen LogP contribution in [-0.2, 0) is 57.6 Å². The van der Waals surface area contributed by atoms with Crippen molar-refractivity contribution in [3.63, 3.8) is 0 Å². The zero-order valence-corrected chi connectivity index (χ0v) is 48.6. The van der Waals surface area contributed by atoms with Gasteiger partial charge >= 0.3 is 6.03 Å². The van der Waals surface area contributed by atoms with Gasteiger partial charge in [-0.2, -0.15) is 0 Å². The third-order valence-corrected chi connectivity index (χ3v) is 13.0. The summed E-state index contributed by atoms with van der Waals surface area (Å²) < 4.78 is 0. The van der Waals surface area contributed by atoms with Crippen molar-refractivity contribution in [2.24, 2.45) is 22.8 Å². The van der Waals surface area contributed by atoms with Gasteiger partial charge in [0.05, 0.1) is 25.2 Å². The predicted molar refractivity (Wildman–Crippen MR) is 312 cm³/mol. The Bertz CT molecular complexity index is 2620. The molecule has 3 aromatic rings. The maximum Gasteiger partial charge on any atom is 0.312 e. The van der Waals surface area contributed by atoms with Crippen molar-refractivity contribution in [1.29, 1.82) is 5.41 Å². The van der Waals surface area contributed by atoms with Crippen molar-refractivity contribution < 1.29 is 58.5 Å². The highest BCUT2D eigenvalue weighted by Gasteiger charge is 2.36. The number of aryl methyl sites for hydroxylation is 1. The lowest BCUT2D eigenvalue weighted by atomic mass is 9.84. The molecule has 7 atom stereocenters. The minimum atomic E-state index is -1.53. The second-order valence-corrected chi connectivity index (χ2v) is 22.1. The van der Waals surface area contributed by atoms with Gasteiger partial charge in [0.15, 0.2) is 11.7 Å². The number of nitrogens with one attached hydrogen (secondary N) is 11. The van der Waals surface area contributed by atoms with Crippen molar-refractivity contribution in [2.45, 2.75) is 155 Å². The Labute approximate surface area is 485 Å². The summed E-state index contributed by atoms with van der Waals surface area (Å²) in [6.45, 7) is 11.2. The number of benzene rings is 3. The van der Waals surface area contributed by atoms with Gasteiger partial charge in [0.1, 0.15) is 41.7 Å². The number of aliphatic hydroxyl groups excluding tert-OH is 1. The number of guanidine groups is 1. The zero-order chi connectivity index (χ0) is 61.8. The number of phenols is 2. The normalized spacial score (nSPS) is 13.8. The molecule has 18 N–H and O–H groups in total. The number of carbonyl (C=O) groups is 9. The number of aliphatic hydroxyl groups is 1. The number of phenolic OH excluding ortho intramolecular Hbond substituents is 2. The largest absolute Gasteiger partial charge is 0.508 e. The second-order valence-electron chi connectivity index (χ2n) is 22.1. The smallest absolute Gasteiger partial charge is 0.312 e. The Morgan fingerprint density at radius 1 is 0.518 bits per heavy atom. The first-order chi connectivity index (χ1) is 39.1. The summed E-state index contributed by atoms with van der Waals surface area (Å²) in [6, 6.07) is 11.5. The second kappa shape index (κ2) is 34.8. The summed E-state index contributed by atoms with van der Waals surface area (Å²) in [4.78, 5) is 123. The molecule has 0 radical (unpaired) electrons. The lowest BCUT2D eigenvalue weighted by Gasteiger charge is -2.29. The van der Waals surface area contributed by atoms with Crippen LogP contribution in [0.3, 0.4) is 0 Å². The van der Waals surface area contributed by atoms with E-state index in [4.69, 9.17) is 16.9 Å². The van der Waals surface area contributed by atoms with E-state index in [9.17, 15) is 58.5 Å². The van der Waals surface area contributed by atoms with Crippen LogP contribution in [0.25, 0.3) is 0 Å². The molecule has 456 valence electrons. The van der Waals surface area contributed by atoms with Crippen LogP contribution in [0.4, 0.5) is 4.79 Å². The van der Waals surface area contributed by atoms with E-state index < -0.39 is 108 Å². The Balaban J connectivity index is 1.89. The summed E-state index contributed by atoms with van der Waals surface area (Å²) in [6.07, 6.45) is 0.984. The monoisotopic (exact) mass is 1160 g/mol. The molecular weight excluding hydrogens is 1070 g/mol. The fraction of sp³-hybridized carbons (Fsp3) is 0.517. The van der Waals surface area contributed by atoms with Crippen LogP contribution >= 0.6 is 0 Å². The molecule has 9 amide bonds. The van der Waals surface area contributed by atoms with Crippen LogP contribution in [0.2, 0.25) is 0 Å². The van der Waals surface area contributed by atoms with Gasteiger partial charge in [0, 0.05) is 31.0 Å². The van der Waals surface area contributed by atoms with E-state index in [1.54, 1.807) is 63.2 Å². The molecular formula is C58H87N13O12. The molecule has 25 nitrogen and oxygen atoms in total. The molecule has 0 saturated carbocycles. The first-order valence-electron chi connectivity index (χ1n) is 27.9. The van der Waals surface area contributed by atoms with Crippen LogP contribution in [0, 0.1) is 16.7 Å². The van der Waals surface area contributed by atoms with Gasteiger partial charge < -0.3 is 80.0 Å². The molecule has 0 bridgehead atoms. The number of primary amides is 1. The topological polar surface area (TPSA) is 411 Å². The van der Waals surface area contributed by atoms with Crippen molar-refractivity contribution in [1.82, 2.24) is 53.2 Å². The molecule has 0 spiro atoms. The first kappa shape index (κ1) is 69.0. The molecule has 0 saturated heterocycles. The Kier molecular flexibility index (Phi) is 29.0. The van der Waals surface area contributed by atoms with Crippen LogP contribution < -0.4 is 64.6 Å². The van der Waals surface area contributed by atoms with Crippen LogP contribution in [0.5, 0.6) is 11.5 Å². The van der Waals surface area contributed by atoms with Gasteiger partial charge in [-0.3, -0.25) is 43.8 Å². The van der Waals surface area contributed by atoms with Gasteiger partial charge in [-0.25, -0.2) is 4.79 Å². The minimum absolute atomic E-state index is 0.00561. The quantitative estimate of drug-likeness (QED) is 0.0214. The molecule has 25 heteroatoms. The van der Waals surface area contributed by atoms with Gasteiger partial charge in [-0.15, -0.1) is 0 Å². The molecule has 83 heavy (non-hydrogen) atoms. The summed E-state index contributed by atoms with van der Waals surface area (Å²) in [5.41, 5.74) is 11.7. The molecule has 0 aromatic heterocycles. The number of hydrogen-bond acceptors (Lipinski definition) is 14. The fourth-order valence-corrected chi connectivity index (χ4v) is 8.70. The van der Waals surface area contributed by atoms with Crippen molar-refractivity contribution in [3.05, 3.63) is 95.6 Å². The number of carbonyl (C=O) groups excluding carboxylic acids is 9. The van der Waals surface area contributed by atoms with Gasteiger partial charge in [0.25, 0.3) is 0 Å². The number of amides is 9. The van der Waals surface area contributed by atoms with Crippen LogP contribution in [-0.4, -0.2) is 149 Å². The Morgan fingerprint density at radius 2 is 0.976 bits per heavy atom. The molecule has 0 heterocycles. The highest BCUT2D eigenvalue weighted by atomic mass is 16.3. The third kappa shape index (κ3) is 26.4. The average molecular weight is 1160 g/mol. The van der Waals surface area contributed by atoms with Crippen molar-refractivity contribution in [2.75, 3.05) is 26.2 Å². The van der Waals surface area contributed by atoms with Crippen molar-refractivity contribution >= 4 is 59.1 Å². The lowest BCUT2D eigenvalue weighted by molar-refractivity contribution is -0.136. The molecule has 0 aliphatic heterocycles. The third-order valence-electron chi connectivity index (χ3n) is 13.0. The maximum absolute atomic E-state index is 14.6. The number of Topliss-reactive ketones (excluding diaryl/α,β-unsaturated/α-hetero) is 1. The highest BCUT2D eigenvalue weighted by molar-refractivity contribution is 5.98. The number of aromatic hydroxyl groups is 2. The average Bonchev–Trinajstić information content (AvgIpc) is 3.60. The van der Waals surface area contributed by atoms with E-state index in [2.05, 4.69) is 53.2 Å². The minimum Gasteiger partial charge on any atom is -0.508 e. The number of hydrogen-bond donors (Lipinski definition) is 16. The van der Waals surface area contributed by atoms with E-state index >= 15 is 0 Å². The van der Waals surface area contributed by atoms with E-state index in [-0.39, 0.29) is 93.1 Å². The fourth-order valence-electron chi connectivity index (χ4n) is 8.70. The Morgan fingerprint density at radius 3 is 1.51 bits per heavy atom. The van der Waals surface area contributed by atoms with E-state index in [1.807, 2.05) is 39.8 Å². The molecule has 0 fully saturated rings. The highest BCUT2D eigenvalue weighted by Crippen LogP contribution is 2.21. The molecule has 0 aliphatic rings. The standard InChI is InChI=1S/C58H87N13O12/c1-34(2)29-45(53(80)68-44(49(76)58(5,6)7)30-37-17-22-39(73)23-18-37)69-54(81)46(31-38-19-24-40(74)25-20-38)70-52(79)43(26-21-36-13-9-8-10-14-36)66-48(75)32-64-50(77)41(15-12-28-63-57(61)83)67-55(82)47(33-72)71-51(78)42(65-35(3)4)16-11-27-62-56(59)60/h8-10,13-14,17-20,22-25,34-35,41-47,65,72-74H,11-12,15-16,21,26-33H2,1-7H3,(H,64,77)(H,66,75)(H,67,82)(H,68,80)(H,69,81)(H,70,79)(H,71,78)(H4,59,60,62)(H3,61,63,83)/t41-,42-,43-,44-,45-,46-,47-/m0/s1. The van der Waals surface area contributed by atoms with Gasteiger partial charge in [-0.1, -0.05) is 103 Å². The predicted octanol–water partition coefficient (Wildman–Crippen LogP) is 0.273. The lowest BCUT2D eigenvalue weighted by Crippen LogP contribution is -2.59. The van der Waals surface area contributed by atoms with Gasteiger partial charge in [0.2, 0.25) is 41.4 Å². The van der Waals surface area contributed by atoms with Crippen LogP contribution in [0.1, 0.15) is 104 Å². The summed E-state index contributed by atoms with van der Waals surface area (Å²) in [5, 5.41) is 64.3. The number of urea groups is 1. The number of ketones is 1. The molecule has 3 aromatic carbocycles.